The van der Waals surface area contributed by atoms with Gasteiger partial charge in [-0.1, -0.05) is 0 Å². The zero-order chi connectivity index (χ0) is 13.8. The Bertz CT molecular complexity index is 596. The summed E-state index contributed by atoms with van der Waals surface area (Å²) < 4.78 is 1.68. The topological polar surface area (TPSA) is 137 Å². The van der Waals surface area contributed by atoms with E-state index in [0.29, 0.717) is 12.4 Å². The first-order chi connectivity index (χ1) is 9.13. The second-order valence-electron chi connectivity index (χ2n) is 3.51. The van der Waals surface area contributed by atoms with Crippen molar-refractivity contribution in [3.63, 3.8) is 0 Å². The molecule has 10 heteroatoms. The summed E-state index contributed by atoms with van der Waals surface area (Å²) in [6, 6.07) is 1.69. The molecule has 0 aliphatic carbocycles. The maximum absolute atomic E-state index is 10.9. The molecule has 2 aromatic heterocycles. The molecule has 0 fully saturated rings. The van der Waals surface area contributed by atoms with E-state index in [4.69, 9.17) is 5.84 Å². The standard InChI is InChI=1S/C9H12N8O2/c1-2-16-4-3-7(15-16)12-8-6(17(18)19)5-11-9(13-8)14-10/h3-5H,2,10H2,1H3,(H2,11,12,13,14,15). The van der Waals surface area contributed by atoms with Crippen LogP contribution in [0.15, 0.2) is 18.5 Å². The summed E-state index contributed by atoms with van der Waals surface area (Å²) in [5.74, 6) is 5.72. The maximum Gasteiger partial charge on any atom is 0.330 e. The molecule has 10 nitrogen and oxygen atoms in total. The molecule has 0 atom stereocenters. The molecule has 0 saturated heterocycles. The second-order valence-corrected chi connectivity index (χ2v) is 3.51. The first-order valence-electron chi connectivity index (χ1n) is 5.42. The lowest BCUT2D eigenvalue weighted by Gasteiger charge is -2.04. The summed E-state index contributed by atoms with van der Waals surface area (Å²) >= 11 is 0. The minimum atomic E-state index is -0.584. The quantitative estimate of drug-likeness (QED) is 0.406. The molecule has 0 radical (unpaired) electrons. The highest BCUT2D eigenvalue weighted by Gasteiger charge is 2.18. The van der Waals surface area contributed by atoms with Gasteiger partial charge in [-0.2, -0.15) is 10.1 Å². The Morgan fingerprint density at radius 2 is 2.37 bits per heavy atom. The van der Waals surface area contributed by atoms with Crippen LogP contribution in [-0.4, -0.2) is 24.7 Å². The van der Waals surface area contributed by atoms with Crippen molar-refractivity contribution in [2.75, 3.05) is 10.7 Å². The van der Waals surface area contributed by atoms with Crippen molar-refractivity contribution in [1.29, 1.82) is 0 Å². The summed E-state index contributed by atoms with van der Waals surface area (Å²) in [5, 5.41) is 17.8. The number of hydrogen-bond acceptors (Lipinski definition) is 8. The molecule has 100 valence electrons. The highest BCUT2D eigenvalue weighted by atomic mass is 16.6. The van der Waals surface area contributed by atoms with Gasteiger partial charge in [0, 0.05) is 18.8 Å². The molecule has 19 heavy (non-hydrogen) atoms. The van der Waals surface area contributed by atoms with Gasteiger partial charge in [0.15, 0.2) is 5.82 Å². The molecule has 2 rings (SSSR count). The van der Waals surface area contributed by atoms with E-state index in [0.717, 1.165) is 6.20 Å². The smallest absolute Gasteiger partial charge is 0.318 e. The fourth-order valence-corrected chi connectivity index (χ4v) is 1.40. The number of aromatic nitrogens is 4. The van der Waals surface area contributed by atoms with E-state index in [1.54, 1.807) is 16.9 Å². The van der Waals surface area contributed by atoms with E-state index in [1.807, 2.05) is 6.92 Å². The van der Waals surface area contributed by atoms with Gasteiger partial charge in [-0.3, -0.25) is 20.2 Å². The lowest BCUT2D eigenvalue weighted by atomic mass is 10.4. The average molecular weight is 264 g/mol. The summed E-state index contributed by atoms with van der Waals surface area (Å²) in [7, 11) is 0. The number of hydrazine groups is 1. The van der Waals surface area contributed by atoms with Crippen LogP contribution in [0.1, 0.15) is 6.92 Å². The third-order valence-corrected chi connectivity index (χ3v) is 2.31. The van der Waals surface area contributed by atoms with Crippen molar-refractivity contribution in [1.82, 2.24) is 19.7 Å². The average Bonchev–Trinajstić information content (AvgIpc) is 2.86. The largest absolute Gasteiger partial charge is 0.330 e. The number of rotatable bonds is 5. The number of nitrogen functional groups attached to an aromatic ring is 1. The van der Waals surface area contributed by atoms with Gasteiger partial charge in [0.05, 0.1) is 4.92 Å². The fourth-order valence-electron chi connectivity index (χ4n) is 1.40. The van der Waals surface area contributed by atoms with Gasteiger partial charge in [-0.15, -0.1) is 0 Å². The van der Waals surface area contributed by atoms with Gasteiger partial charge in [-0.05, 0) is 6.92 Å². The number of nitro groups is 1. The SMILES string of the molecule is CCn1ccc(Nc2nc(NN)ncc2[N+](=O)[O-])n1. The molecule has 0 spiro atoms. The van der Waals surface area contributed by atoms with Crippen LogP contribution in [0.5, 0.6) is 0 Å². The van der Waals surface area contributed by atoms with Crippen molar-refractivity contribution in [2.24, 2.45) is 5.84 Å². The van der Waals surface area contributed by atoms with Gasteiger partial charge in [0.25, 0.3) is 0 Å². The predicted molar refractivity (Wildman–Crippen MR) is 67.7 cm³/mol. The van der Waals surface area contributed by atoms with Crippen LogP contribution in [-0.2, 0) is 6.54 Å². The first kappa shape index (κ1) is 12.7. The van der Waals surface area contributed by atoms with Crippen LogP contribution < -0.4 is 16.6 Å². The Kier molecular flexibility index (Phi) is 3.52. The van der Waals surface area contributed by atoms with Gasteiger partial charge < -0.3 is 5.32 Å². The second kappa shape index (κ2) is 5.27. The Morgan fingerprint density at radius 1 is 1.58 bits per heavy atom. The van der Waals surface area contributed by atoms with E-state index in [2.05, 4.69) is 25.8 Å². The minimum absolute atomic E-state index is 0.0225. The molecule has 2 aromatic rings. The monoisotopic (exact) mass is 264 g/mol. The summed E-state index contributed by atoms with van der Waals surface area (Å²) in [6.07, 6.45) is 2.82. The van der Waals surface area contributed by atoms with Crippen LogP contribution >= 0.6 is 0 Å². The van der Waals surface area contributed by atoms with Crippen molar-refractivity contribution < 1.29 is 4.92 Å². The van der Waals surface area contributed by atoms with Crippen molar-refractivity contribution in [2.45, 2.75) is 13.5 Å². The summed E-state index contributed by atoms with van der Waals surface area (Å²) in [4.78, 5) is 17.9. The number of nitrogens with one attached hydrogen (secondary N) is 2. The minimum Gasteiger partial charge on any atom is -0.318 e. The normalized spacial score (nSPS) is 10.2. The third kappa shape index (κ3) is 2.74. The van der Waals surface area contributed by atoms with Crippen LogP contribution in [0.3, 0.4) is 0 Å². The summed E-state index contributed by atoms with van der Waals surface area (Å²) in [6.45, 7) is 2.63. The zero-order valence-corrected chi connectivity index (χ0v) is 10.1. The Hall–Kier alpha value is -2.75. The molecular formula is C9H12N8O2. The number of aryl methyl sites for hydroxylation is 1. The van der Waals surface area contributed by atoms with Crippen molar-refractivity contribution >= 4 is 23.3 Å². The number of nitrogens with zero attached hydrogens (tertiary/aromatic N) is 5. The van der Waals surface area contributed by atoms with Crippen LogP contribution in [0, 0.1) is 10.1 Å². The molecule has 0 bridgehead atoms. The van der Waals surface area contributed by atoms with Crippen LogP contribution in [0.2, 0.25) is 0 Å². The molecule has 2 heterocycles. The van der Waals surface area contributed by atoms with Gasteiger partial charge >= 0.3 is 5.69 Å². The van der Waals surface area contributed by atoms with Gasteiger partial charge in [0.2, 0.25) is 11.8 Å². The maximum atomic E-state index is 10.9. The first-order valence-corrected chi connectivity index (χ1v) is 5.42. The lowest BCUT2D eigenvalue weighted by molar-refractivity contribution is -0.384. The molecule has 0 aliphatic rings. The van der Waals surface area contributed by atoms with Gasteiger partial charge in [0.1, 0.15) is 6.20 Å². The van der Waals surface area contributed by atoms with E-state index in [1.165, 1.54) is 0 Å². The molecule has 0 saturated carbocycles. The Morgan fingerprint density at radius 3 is 2.95 bits per heavy atom. The van der Waals surface area contributed by atoms with E-state index in [-0.39, 0.29) is 17.5 Å². The van der Waals surface area contributed by atoms with Crippen LogP contribution in [0.25, 0.3) is 0 Å². The van der Waals surface area contributed by atoms with E-state index < -0.39 is 4.92 Å². The highest BCUT2D eigenvalue weighted by Crippen LogP contribution is 2.24. The lowest BCUT2D eigenvalue weighted by Crippen LogP contribution is -2.12. The van der Waals surface area contributed by atoms with E-state index in [9.17, 15) is 10.1 Å². The molecule has 0 aliphatic heterocycles. The Balaban J connectivity index is 2.33. The van der Waals surface area contributed by atoms with Crippen molar-refractivity contribution in [3.8, 4) is 0 Å². The highest BCUT2D eigenvalue weighted by molar-refractivity contribution is 5.63. The fraction of sp³-hybridized carbons (Fsp3) is 0.222. The summed E-state index contributed by atoms with van der Waals surface area (Å²) in [5.41, 5.74) is 1.97. The predicted octanol–water partition coefficient (Wildman–Crippen LogP) is 0.630. The molecule has 0 unspecified atom stereocenters. The molecule has 4 N–H and O–H groups in total. The Labute approximate surface area is 107 Å². The van der Waals surface area contributed by atoms with E-state index >= 15 is 0 Å². The van der Waals surface area contributed by atoms with Crippen LogP contribution in [0.4, 0.5) is 23.3 Å². The van der Waals surface area contributed by atoms with Gasteiger partial charge in [-0.25, -0.2) is 10.8 Å². The number of hydrogen-bond donors (Lipinski definition) is 3. The number of nitrogens with two attached hydrogens (primary N) is 1. The van der Waals surface area contributed by atoms with Crippen molar-refractivity contribution in [3.05, 3.63) is 28.6 Å². The number of anilines is 3. The molecular weight excluding hydrogens is 252 g/mol. The molecule has 0 aromatic carbocycles. The zero-order valence-electron chi connectivity index (χ0n) is 10.1. The molecule has 0 amide bonds. The third-order valence-electron chi connectivity index (χ3n) is 2.31.